The molecule has 2 aromatic rings. The van der Waals surface area contributed by atoms with Crippen LogP contribution in [0.3, 0.4) is 0 Å². The number of hydrogen-bond acceptors (Lipinski definition) is 4. The molecule has 23 heavy (non-hydrogen) atoms. The zero-order chi connectivity index (χ0) is 16.2. The van der Waals surface area contributed by atoms with Gasteiger partial charge in [-0.25, -0.2) is 4.39 Å². The van der Waals surface area contributed by atoms with Crippen molar-refractivity contribution in [1.82, 2.24) is 0 Å². The summed E-state index contributed by atoms with van der Waals surface area (Å²) in [4.78, 5) is 13.1. The fourth-order valence-electron chi connectivity index (χ4n) is 2.14. The largest absolute Gasteiger partial charge is 0.486 e. The predicted molar refractivity (Wildman–Crippen MR) is 87.8 cm³/mol. The highest BCUT2D eigenvalue weighted by Gasteiger charge is 2.17. The monoisotopic (exact) mass is 333 g/mol. The third-order valence-electron chi connectivity index (χ3n) is 3.31. The Labute approximate surface area is 138 Å². The molecule has 0 saturated heterocycles. The number of rotatable bonds is 4. The summed E-state index contributed by atoms with van der Waals surface area (Å²) in [7, 11) is 0. The highest BCUT2D eigenvalue weighted by atomic mass is 32.2. The molecule has 1 heterocycles. The van der Waals surface area contributed by atoms with Gasteiger partial charge in [0.15, 0.2) is 11.5 Å². The number of amides is 1. The number of fused-ring (bicyclic) bond motifs is 1. The molecule has 0 saturated carbocycles. The van der Waals surface area contributed by atoms with Gasteiger partial charge in [0, 0.05) is 16.6 Å². The lowest BCUT2D eigenvalue weighted by Gasteiger charge is -2.19. The molecule has 0 aliphatic carbocycles. The van der Waals surface area contributed by atoms with E-state index in [4.69, 9.17) is 9.47 Å². The SMILES string of the molecule is C[C@H](Sc1ccc(F)cc1)C(=O)Nc1ccc2c(c1)OCCO2. The first-order chi connectivity index (χ1) is 11.1. The van der Waals surface area contributed by atoms with E-state index in [1.54, 1.807) is 37.3 Å². The predicted octanol–water partition coefficient (Wildman–Crippen LogP) is 3.72. The maximum absolute atomic E-state index is 12.9. The molecule has 0 fully saturated rings. The second-order valence-electron chi connectivity index (χ2n) is 5.06. The molecular formula is C17H16FNO3S. The van der Waals surface area contributed by atoms with Crippen LogP contribution in [0.5, 0.6) is 11.5 Å². The Morgan fingerprint density at radius 2 is 1.83 bits per heavy atom. The lowest BCUT2D eigenvalue weighted by Crippen LogP contribution is -2.22. The Balaban J connectivity index is 1.63. The first kappa shape index (κ1) is 15.7. The number of carbonyl (C=O) groups excluding carboxylic acids is 1. The van der Waals surface area contributed by atoms with Crippen LogP contribution in [0.1, 0.15) is 6.92 Å². The quantitative estimate of drug-likeness (QED) is 0.867. The van der Waals surface area contributed by atoms with Crippen LogP contribution >= 0.6 is 11.8 Å². The Morgan fingerprint density at radius 3 is 2.57 bits per heavy atom. The van der Waals surface area contributed by atoms with Gasteiger partial charge in [-0.15, -0.1) is 11.8 Å². The number of carbonyl (C=O) groups is 1. The molecule has 0 radical (unpaired) electrons. The van der Waals surface area contributed by atoms with E-state index in [9.17, 15) is 9.18 Å². The standard InChI is InChI=1S/C17H16FNO3S/c1-11(23-14-5-2-12(18)3-6-14)17(20)19-13-4-7-15-16(10-13)22-9-8-21-15/h2-7,10-11H,8-9H2,1H3,(H,19,20)/t11-/m0/s1. The van der Waals surface area contributed by atoms with E-state index < -0.39 is 0 Å². The van der Waals surface area contributed by atoms with Crippen LogP contribution < -0.4 is 14.8 Å². The van der Waals surface area contributed by atoms with Gasteiger partial charge in [0.25, 0.3) is 0 Å². The van der Waals surface area contributed by atoms with Crippen LogP contribution in [0.15, 0.2) is 47.4 Å². The Kier molecular flexibility index (Phi) is 4.71. The van der Waals surface area contributed by atoms with Gasteiger partial charge in [0.2, 0.25) is 5.91 Å². The molecule has 4 nitrogen and oxygen atoms in total. The maximum Gasteiger partial charge on any atom is 0.237 e. The van der Waals surface area contributed by atoms with Crippen molar-refractivity contribution in [3.05, 3.63) is 48.3 Å². The third-order valence-corrected chi connectivity index (χ3v) is 4.42. The molecule has 120 valence electrons. The molecule has 1 aliphatic heterocycles. The molecule has 0 spiro atoms. The molecule has 1 atom stereocenters. The van der Waals surface area contributed by atoms with Gasteiger partial charge in [-0.1, -0.05) is 0 Å². The van der Waals surface area contributed by atoms with Gasteiger partial charge in [-0.3, -0.25) is 4.79 Å². The fourth-order valence-corrected chi connectivity index (χ4v) is 3.00. The summed E-state index contributed by atoms with van der Waals surface area (Å²) >= 11 is 1.37. The maximum atomic E-state index is 12.9. The van der Waals surface area contributed by atoms with Gasteiger partial charge < -0.3 is 14.8 Å². The van der Waals surface area contributed by atoms with Crippen LogP contribution in [0, 0.1) is 5.82 Å². The van der Waals surface area contributed by atoms with Crippen LogP contribution in [0.4, 0.5) is 10.1 Å². The van der Waals surface area contributed by atoms with Crippen molar-refractivity contribution in [2.24, 2.45) is 0 Å². The fraction of sp³-hybridized carbons (Fsp3) is 0.235. The van der Waals surface area contributed by atoms with Crippen LogP contribution in [-0.2, 0) is 4.79 Å². The summed E-state index contributed by atoms with van der Waals surface area (Å²) in [5, 5.41) is 2.54. The van der Waals surface area contributed by atoms with E-state index in [0.29, 0.717) is 30.4 Å². The summed E-state index contributed by atoms with van der Waals surface area (Å²) in [6.45, 7) is 2.84. The molecule has 6 heteroatoms. The highest BCUT2D eigenvalue weighted by molar-refractivity contribution is 8.00. The number of anilines is 1. The van der Waals surface area contributed by atoms with Crippen LogP contribution in [0.2, 0.25) is 0 Å². The average Bonchev–Trinajstić information content (AvgIpc) is 2.56. The summed E-state index contributed by atoms with van der Waals surface area (Å²) in [5.74, 6) is 0.898. The number of thioether (sulfide) groups is 1. The molecule has 1 amide bonds. The minimum atomic E-state index is -0.311. The molecule has 2 aromatic carbocycles. The van der Waals surface area contributed by atoms with Crippen LogP contribution in [-0.4, -0.2) is 24.4 Å². The number of nitrogens with one attached hydrogen (secondary N) is 1. The van der Waals surface area contributed by atoms with E-state index >= 15 is 0 Å². The Morgan fingerprint density at radius 1 is 1.13 bits per heavy atom. The van der Waals surface area contributed by atoms with Crippen molar-refractivity contribution >= 4 is 23.4 Å². The van der Waals surface area contributed by atoms with Crippen LogP contribution in [0.25, 0.3) is 0 Å². The molecular weight excluding hydrogens is 317 g/mol. The van der Waals surface area contributed by atoms with E-state index in [0.717, 1.165) is 4.90 Å². The van der Waals surface area contributed by atoms with Gasteiger partial charge in [-0.05, 0) is 43.3 Å². The number of ether oxygens (including phenoxy) is 2. The zero-order valence-electron chi connectivity index (χ0n) is 12.5. The Bertz CT molecular complexity index is 705. The van der Waals surface area contributed by atoms with Crippen molar-refractivity contribution in [3.63, 3.8) is 0 Å². The normalized spacial score (nSPS) is 14.2. The van der Waals surface area contributed by atoms with Gasteiger partial charge >= 0.3 is 0 Å². The second kappa shape index (κ2) is 6.91. The van der Waals surface area contributed by atoms with Crippen molar-refractivity contribution in [3.8, 4) is 11.5 Å². The van der Waals surface area contributed by atoms with Crippen molar-refractivity contribution < 1.29 is 18.7 Å². The average molecular weight is 333 g/mol. The number of hydrogen-bond donors (Lipinski definition) is 1. The molecule has 0 aromatic heterocycles. The van der Waals surface area contributed by atoms with E-state index in [1.165, 1.54) is 23.9 Å². The highest BCUT2D eigenvalue weighted by Crippen LogP contribution is 2.33. The topological polar surface area (TPSA) is 47.6 Å². The van der Waals surface area contributed by atoms with Gasteiger partial charge in [0.1, 0.15) is 19.0 Å². The lowest BCUT2D eigenvalue weighted by molar-refractivity contribution is -0.115. The molecule has 0 bridgehead atoms. The van der Waals surface area contributed by atoms with Gasteiger partial charge in [0.05, 0.1) is 5.25 Å². The van der Waals surface area contributed by atoms with Crippen molar-refractivity contribution in [1.29, 1.82) is 0 Å². The first-order valence-corrected chi connectivity index (χ1v) is 8.12. The lowest BCUT2D eigenvalue weighted by atomic mass is 10.2. The van der Waals surface area contributed by atoms with E-state index in [1.807, 2.05) is 0 Å². The van der Waals surface area contributed by atoms with E-state index in [-0.39, 0.29) is 17.0 Å². The summed E-state index contributed by atoms with van der Waals surface area (Å²) in [6.07, 6.45) is 0. The first-order valence-electron chi connectivity index (χ1n) is 7.24. The minimum absolute atomic E-state index is 0.129. The Hall–Kier alpha value is -2.21. The zero-order valence-corrected chi connectivity index (χ0v) is 13.4. The van der Waals surface area contributed by atoms with Crippen molar-refractivity contribution in [2.75, 3.05) is 18.5 Å². The molecule has 3 rings (SSSR count). The number of benzene rings is 2. The third kappa shape index (κ3) is 3.96. The summed E-state index contributed by atoms with van der Waals surface area (Å²) in [5.41, 5.74) is 0.658. The van der Waals surface area contributed by atoms with E-state index in [2.05, 4.69) is 5.32 Å². The second-order valence-corrected chi connectivity index (χ2v) is 6.48. The number of halogens is 1. The molecule has 0 unspecified atom stereocenters. The molecule has 1 N–H and O–H groups in total. The van der Waals surface area contributed by atoms with Crippen molar-refractivity contribution in [2.45, 2.75) is 17.1 Å². The minimum Gasteiger partial charge on any atom is -0.486 e. The summed E-state index contributed by atoms with van der Waals surface area (Å²) < 4.78 is 23.8. The smallest absolute Gasteiger partial charge is 0.237 e. The summed E-state index contributed by atoms with van der Waals surface area (Å²) in [6, 6.07) is 11.4. The molecule has 1 aliphatic rings. The van der Waals surface area contributed by atoms with Gasteiger partial charge in [-0.2, -0.15) is 0 Å².